The molecular weight excluding hydrogens is 464 g/mol. The molecule has 1 aliphatic heterocycles. The third-order valence-corrected chi connectivity index (χ3v) is 6.72. The van der Waals surface area contributed by atoms with Crippen LogP contribution in [0.15, 0.2) is 72.8 Å². The maximum absolute atomic E-state index is 12.6. The van der Waals surface area contributed by atoms with Crippen LogP contribution < -0.4 is 5.32 Å². The SMILES string of the molecule is O=C(NC(Cc1ccc(-c2ccccc2CN2CCC(O)CC2)cc1)C(=O)O)c1ccccc1Cl. The first kappa shape index (κ1) is 24.9. The molecule has 0 aromatic heterocycles. The van der Waals surface area contributed by atoms with Crippen LogP contribution in [-0.2, 0) is 17.8 Å². The zero-order valence-corrected chi connectivity index (χ0v) is 20.1. The van der Waals surface area contributed by atoms with Crippen molar-refractivity contribution in [1.82, 2.24) is 10.2 Å². The van der Waals surface area contributed by atoms with E-state index in [-0.39, 0.29) is 23.1 Å². The molecule has 0 aliphatic carbocycles. The van der Waals surface area contributed by atoms with Crippen molar-refractivity contribution < 1.29 is 19.8 Å². The first-order valence-corrected chi connectivity index (χ1v) is 12.1. The number of hydrogen-bond acceptors (Lipinski definition) is 4. The van der Waals surface area contributed by atoms with Crippen molar-refractivity contribution >= 4 is 23.5 Å². The average molecular weight is 493 g/mol. The molecule has 0 saturated carbocycles. The quantitative estimate of drug-likeness (QED) is 0.434. The Hall–Kier alpha value is -3.19. The minimum absolute atomic E-state index is 0.156. The molecule has 6 nitrogen and oxygen atoms in total. The van der Waals surface area contributed by atoms with Crippen LogP contribution in [-0.4, -0.2) is 52.2 Å². The van der Waals surface area contributed by atoms with E-state index in [1.54, 1.807) is 24.3 Å². The van der Waals surface area contributed by atoms with E-state index in [9.17, 15) is 19.8 Å². The zero-order valence-electron chi connectivity index (χ0n) is 19.4. The van der Waals surface area contributed by atoms with E-state index in [4.69, 9.17) is 11.6 Å². The molecule has 7 heteroatoms. The number of likely N-dealkylation sites (tertiary alicyclic amines) is 1. The van der Waals surface area contributed by atoms with Gasteiger partial charge in [0.1, 0.15) is 6.04 Å². The number of carboxylic acid groups (broad SMARTS) is 1. The van der Waals surface area contributed by atoms with E-state index < -0.39 is 17.9 Å². The molecular formula is C28H29ClN2O4. The maximum Gasteiger partial charge on any atom is 0.326 e. The molecule has 4 rings (SSSR count). The minimum Gasteiger partial charge on any atom is -0.480 e. The predicted molar refractivity (Wildman–Crippen MR) is 136 cm³/mol. The highest BCUT2D eigenvalue weighted by molar-refractivity contribution is 6.33. The van der Waals surface area contributed by atoms with Gasteiger partial charge in [0.05, 0.1) is 16.7 Å². The number of carboxylic acids is 1. The van der Waals surface area contributed by atoms with Crippen molar-refractivity contribution in [2.75, 3.05) is 13.1 Å². The summed E-state index contributed by atoms with van der Waals surface area (Å²) < 4.78 is 0. The van der Waals surface area contributed by atoms with E-state index in [1.807, 2.05) is 36.4 Å². The van der Waals surface area contributed by atoms with Crippen LogP contribution in [0.2, 0.25) is 5.02 Å². The molecule has 3 aromatic rings. The minimum atomic E-state index is -1.11. The Labute approximate surface area is 210 Å². The number of aliphatic hydroxyl groups is 1. The number of carbonyl (C=O) groups excluding carboxylic acids is 1. The number of hydrogen-bond donors (Lipinski definition) is 3. The number of rotatable bonds is 8. The largest absolute Gasteiger partial charge is 0.480 e. The van der Waals surface area contributed by atoms with Gasteiger partial charge in [-0.05, 0) is 47.2 Å². The standard InChI is InChI=1S/C28H29ClN2O4/c29-25-8-4-3-7-24(25)27(33)30-26(28(34)35)17-19-9-11-20(12-10-19)23-6-2-1-5-21(23)18-31-15-13-22(32)14-16-31/h1-12,22,26,32H,13-18H2,(H,30,33)(H,34,35). The molecule has 3 aromatic carbocycles. The Bertz CT molecular complexity index is 1170. The molecule has 0 bridgehead atoms. The fourth-order valence-electron chi connectivity index (χ4n) is 4.40. The highest BCUT2D eigenvalue weighted by atomic mass is 35.5. The van der Waals surface area contributed by atoms with E-state index in [0.29, 0.717) is 0 Å². The lowest BCUT2D eigenvalue weighted by atomic mass is 9.96. The van der Waals surface area contributed by atoms with Gasteiger partial charge >= 0.3 is 5.97 Å². The van der Waals surface area contributed by atoms with Crippen LogP contribution in [0.4, 0.5) is 0 Å². The number of aliphatic hydroxyl groups excluding tert-OH is 1. The molecule has 1 saturated heterocycles. The second kappa shape index (κ2) is 11.5. The molecule has 182 valence electrons. The van der Waals surface area contributed by atoms with Crippen LogP contribution in [0, 0.1) is 0 Å². The summed E-state index contributed by atoms with van der Waals surface area (Å²) in [5.41, 5.74) is 4.45. The summed E-state index contributed by atoms with van der Waals surface area (Å²) in [7, 11) is 0. The number of benzene rings is 3. The summed E-state index contributed by atoms with van der Waals surface area (Å²) >= 11 is 6.08. The van der Waals surface area contributed by atoms with Crippen molar-refractivity contribution in [3.8, 4) is 11.1 Å². The van der Waals surface area contributed by atoms with Gasteiger partial charge in [0, 0.05) is 26.1 Å². The summed E-state index contributed by atoms with van der Waals surface area (Å²) in [6, 6.07) is 21.5. The molecule has 1 heterocycles. The number of carbonyl (C=O) groups is 2. The lowest BCUT2D eigenvalue weighted by Gasteiger charge is -2.30. The Morgan fingerprint density at radius 2 is 1.63 bits per heavy atom. The highest BCUT2D eigenvalue weighted by Gasteiger charge is 2.22. The third kappa shape index (κ3) is 6.48. The number of aliphatic carboxylic acids is 1. The highest BCUT2D eigenvalue weighted by Crippen LogP contribution is 2.26. The van der Waals surface area contributed by atoms with Crippen LogP contribution in [0.1, 0.15) is 34.3 Å². The first-order chi connectivity index (χ1) is 16.9. The van der Waals surface area contributed by atoms with Crippen molar-refractivity contribution in [2.24, 2.45) is 0 Å². The Morgan fingerprint density at radius 3 is 2.31 bits per heavy atom. The van der Waals surface area contributed by atoms with Gasteiger partial charge in [-0.1, -0.05) is 72.3 Å². The number of nitrogens with zero attached hydrogens (tertiary/aromatic N) is 1. The fraction of sp³-hybridized carbons (Fsp3) is 0.286. The van der Waals surface area contributed by atoms with E-state index in [0.717, 1.165) is 49.2 Å². The van der Waals surface area contributed by atoms with E-state index in [1.165, 1.54) is 5.56 Å². The van der Waals surface area contributed by atoms with Gasteiger partial charge in [0.15, 0.2) is 0 Å². The fourth-order valence-corrected chi connectivity index (χ4v) is 4.62. The van der Waals surface area contributed by atoms with Gasteiger partial charge in [-0.3, -0.25) is 9.69 Å². The monoisotopic (exact) mass is 492 g/mol. The molecule has 1 amide bonds. The topological polar surface area (TPSA) is 89.9 Å². The normalized spacial score (nSPS) is 15.5. The maximum atomic E-state index is 12.6. The lowest BCUT2D eigenvalue weighted by Crippen LogP contribution is -2.42. The van der Waals surface area contributed by atoms with Crippen molar-refractivity contribution in [3.05, 3.63) is 94.5 Å². The molecule has 1 unspecified atom stereocenters. The number of amides is 1. The van der Waals surface area contributed by atoms with Gasteiger partial charge in [0.25, 0.3) is 5.91 Å². The van der Waals surface area contributed by atoms with Crippen LogP contribution >= 0.6 is 11.6 Å². The lowest BCUT2D eigenvalue weighted by molar-refractivity contribution is -0.139. The summed E-state index contributed by atoms with van der Waals surface area (Å²) in [4.78, 5) is 26.7. The van der Waals surface area contributed by atoms with Crippen LogP contribution in [0.3, 0.4) is 0 Å². The third-order valence-electron chi connectivity index (χ3n) is 6.40. The second-order valence-electron chi connectivity index (χ2n) is 8.91. The van der Waals surface area contributed by atoms with Crippen LogP contribution in [0.5, 0.6) is 0 Å². The molecule has 3 N–H and O–H groups in total. The zero-order chi connectivity index (χ0) is 24.8. The summed E-state index contributed by atoms with van der Waals surface area (Å²) in [5, 5.41) is 22.3. The molecule has 35 heavy (non-hydrogen) atoms. The molecule has 0 radical (unpaired) electrons. The van der Waals surface area contributed by atoms with Gasteiger partial charge in [-0.15, -0.1) is 0 Å². The summed E-state index contributed by atoms with van der Waals surface area (Å²) in [6.07, 6.45) is 1.56. The smallest absolute Gasteiger partial charge is 0.326 e. The predicted octanol–water partition coefficient (Wildman–Crippen LogP) is 4.39. The Kier molecular flexibility index (Phi) is 8.18. The van der Waals surface area contributed by atoms with Crippen LogP contribution in [0.25, 0.3) is 11.1 Å². The average Bonchev–Trinajstić information content (AvgIpc) is 2.86. The van der Waals surface area contributed by atoms with E-state index >= 15 is 0 Å². The van der Waals surface area contributed by atoms with Crippen molar-refractivity contribution in [3.63, 3.8) is 0 Å². The van der Waals surface area contributed by atoms with Gasteiger partial charge < -0.3 is 15.5 Å². The van der Waals surface area contributed by atoms with Gasteiger partial charge in [-0.25, -0.2) is 4.79 Å². The van der Waals surface area contributed by atoms with Gasteiger partial charge in [0.2, 0.25) is 0 Å². The number of nitrogens with one attached hydrogen (secondary N) is 1. The molecule has 0 spiro atoms. The molecule has 1 aliphatic rings. The van der Waals surface area contributed by atoms with Gasteiger partial charge in [-0.2, -0.15) is 0 Å². The number of piperidine rings is 1. The van der Waals surface area contributed by atoms with Crippen molar-refractivity contribution in [2.45, 2.75) is 38.0 Å². The van der Waals surface area contributed by atoms with Crippen molar-refractivity contribution in [1.29, 1.82) is 0 Å². The summed E-state index contributed by atoms with van der Waals surface area (Å²) in [6.45, 7) is 2.58. The summed E-state index contributed by atoms with van der Waals surface area (Å²) in [5.74, 6) is -1.62. The van der Waals surface area contributed by atoms with E-state index in [2.05, 4.69) is 22.3 Å². The molecule has 1 atom stereocenters. The second-order valence-corrected chi connectivity index (χ2v) is 9.32. The first-order valence-electron chi connectivity index (χ1n) is 11.8. The number of halogens is 1. The Morgan fingerprint density at radius 1 is 0.971 bits per heavy atom. The Balaban J connectivity index is 1.45. The molecule has 1 fully saturated rings.